The Kier molecular flexibility index (Phi) is 6.28. The molecule has 0 bridgehead atoms. The maximum atomic E-state index is 11.9. The number of nitrogens with one attached hydrogen (secondary N) is 1. The fraction of sp³-hybridized carbons (Fsp3) is 0.529. The molecule has 0 unspecified atom stereocenters. The summed E-state index contributed by atoms with van der Waals surface area (Å²) in [6.07, 6.45) is 3.43. The van der Waals surface area contributed by atoms with Gasteiger partial charge in [0, 0.05) is 11.1 Å². The first kappa shape index (κ1) is 17.6. The van der Waals surface area contributed by atoms with E-state index in [1.54, 1.807) is 25.1 Å². The van der Waals surface area contributed by atoms with Crippen molar-refractivity contribution >= 4 is 23.5 Å². The number of esters is 1. The molecule has 0 aromatic heterocycles. The lowest BCUT2D eigenvalue weighted by molar-refractivity contribution is -0.156. The van der Waals surface area contributed by atoms with E-state index >= 15 is 0 Å². The SMILES string of the molecule is Cc1cc(OCC(=O)O[C@@H](C)C(=O)NC2CCCC2)ccc1Cl. The molecule has 0 radical (unpaired) electrons. The highest BCUT2D eigenvalue weighted by atomic mass is 35.5. The van der Waals surface area contributed by atoms with Crippen molar-refractivity contribution in [1.29, 1.82) is 0 Å². The number of carbonyl (C=O) groups excluding carboxylic acids is 2. The Morgan fingerprint density at radius 1 is 1.35 bits per heavy atom. The molecule has 1 aliphatic carbocycles. The third kappa shape index (κ3) is 5.43. The van der Waals surface area contributed by atoms with Gasteiger partial charge >= 0.3 is 5.97 Å². The second-order valence-electron chi connectivity index (χ2n) is 5.82. The van der Waals surface area contributed by atoms with Gasteiger partial charge in [0.1, 0.15) is 5.75 Å². The maximum Gasteiger partial charge on any atom is 0.344 e. The summed E-state index contributed by atoms with van der Waals surface area (Å²) in [5, 5.41) is 3.54. The number of halogens is 1. The van der Waals surface area contributed by atoms with Crippen molar-refractivity contribution in [2.75, 3.05) is 6.61 Å². The Balaban J connectivity index is 1.74. The van der Waals surface area contributed by atoms with E-state index in [2.05, 4.69) is 5.32 Å². The Morgan fingerprint density at radius 3 is 2.70 bits per heavy atom. The Morgan fingerprint density at radius 2 is 2.04 bits per heavy atom. The predicted octanol–water partition coefficient (Wildman–Crippen LogP) is 3.02. The van der Waals surface area contributed by atoms with Gasteiger partial charge in [-0.25, -0.2) is 4.79 Å². The molecule has 2 rings (SSSR count). The molecule has 126 valence electrons. The van der Waals surface area contributed by atoms with Crippen molar-refractivity contribution in [3.63, 3.8) is 0 Å². The normalized spacial score (nSPS) is 16.0. The van der Waals surface area contributed by atoms with Gasteiger partial charge in [0.2, 0.25) is 0 Å². The third-order valence-corrected chi connectivity index (χ3v) is 4.29. The number of carbonyl (C=O) groups is 2. The van der Waals surface area contributed by atoms with Gasteiger partial charge in [-0.3, -0.25) is 4.79 Å². The first-order valence-electron chi connectivity index (χ1n) is 7.84. The number of ether oxygens (including phenoxy) is 2. The summed E-state index contributed by atoms with van der Waals surface area (Å²) < 4.78 is 10.4. The van der Waals surface area contributed by atoms with Crippen molar-refractivity contribution in [2.45, 2.75) is 51.7 Å². The Labute approximate surface area is 141 Å². The van der Waals surface area contributed by atoms with E-state index in [1.807, 2.05) is 6.92 Å². The van der Waals surface area contributed by atoms with E-state index in [4.69, 9.17) is 21.1 Å². The summed E-state index contributed by atoms with van der Waals surface area (Å²) in [4.78, 5) is 23.7. The van der Waals surface area contributed by atoms with Crippen molar-refractivity contribution in [2.24, 2.45) is 0 Å². The molecule has 23 heavy (non-hydrogen) atoms. The molecule has 0 heterocycles. The van der Waals surface area contributed by atoms with Gasteiger partial charge in [-0.05, 0) is 50.5 Å². The zero-order valence-electron chi connectivity index (χ0n) is 13.4. The van der Waals surface area contributed by atoms with Crippen LogP contribution in [0.4, 0.5) is 0 Å². The molecule has 5 nitrogen and oxygen atoms in total. The van der Waals surface area contributed by atoms with Crippen LogP contribution < -0.4 is 10.1 Å². The number of benzene rings is 1. The molecule has 6 heteroatoms. The van der Waals surface area contributed by atoms with Crippen molar-refractivity contribution in [3.05, 3.63) is 28.8 Å². The molecule has 1 aliphatic rings. The molecule has 1 aromatic carbocycles. The van der Waals surface area contributed by atoms with Gasteiger partial charge in [0.15, 0.2) is 12.7 Å². The molecule has 1 amide bonds. The third-order valence-electron chi connectivity index (χ3n) is 3.87. The average molecular weight is 340 g/mol. The highest BCUT2D eigenvalue weighted by Gasteiger charge is 2.23. The largest absolute Gasteiger partial charge is 0.482 e. The van der Waals surface area contributed by atoms with Crippen molar-refractivity contribution in [3.8, 4) is 5.75 Å². The predicted molar refractivity (Wildman–Crippen MR) is 87.6 cm³/mol. The van der Waals surface area contributed by atoms with Crippen LogP contribution in [0.5, 0.6) is 5.75 Å². The van der Waals surface area contributed by atoms with E-state index in [-0.39, 0.29) is 18.6 Å². The second-order valence-corrected chi connectivity index (χ2v) is 6.23. The molecule has 0 saturated heterocycles. The van der Waals surface area contributed by atoms with E-state index in [0.717, 1.165) is 31.2 Å². The van der Waals surface area contributed by atoms with E-state index in [9.17, 15) is 9.59 Å². The molecule has 1 fully saturated rings. The first-order valence-corrected chi connectivity index (χ1v) is 8.22. The fourth-order valence-electron chi connectivity index (χ4n) is 2.52. The summed E-state index contributed by atoms with van der Waals surface area (Å²) in [5.74, 6) is -0.300. The van der Waals surface area contributed by atoms with E-state index in [1.165, 1.54) is 0 Å². The molecule has 1 atom stereocenters. The van der Waals surface area contributed by atoms with Crippen LogP contribution >= 0.6 is 11.6 Å². The molecular formula is C17H22ClNO4. The monoisotopic (exact) mass is 339 g/mol. The molecule has 1 N–H and O–H groups in total. The van der Waals surface area contributed by atoms with Crippen LogP contribution in [0.3, 0.4) is 0 Å². The smallest absolute Gasteiger partial charge is 0.344 e. The minimum absolute atomic E-state index is 0.206. The molecule has 0 spiro atoms. The zero-order chi connectivity index (χ0) is 16.8. The molecule has 0 aliphatic heterocycles. The summed E-state index contributed by atoms with van der Waals surface area (Å²) in [6.45, 7) is 3.17. The van der Waals surface area contributed by atoms with Crippen LogP contribution in [0.2, 0.25) is 5.02 Å². The van der Waals surface area contributed by atoms with Gasteiger partial charge in [0.25, 0.3) is 5.91 Å². The maximum absolute atomic E-state index is 11.9. The number of hydrogen-bond acceptors (Lipinski definition) is 4. The Hall–Kier alpha value is -1.75. The first-order chi connectivity index (χ1) is 11.0. The van der Waals surface area contributed by atoms with E-state index < -0.39 is 12.1 Å². The quantitative estimate of drug-likeness (QED) is 0.809. The van der Waals surface area contributed by atoms with Crippen LogP contribution in [0.15, 0.2) is 18.2 Å². The van der Waals surface area contributed by atoms with Crippen LogP contribution in [0, 0.1) is 6.92 Å². The number of hydrogen-bond donors (Lipinski definition) is 1. The molecular weight excluding hydrogens is 318 g/mol. The average Bonchev–Trinajstić information content (AvgIpc) is 3.01. The molecule has 1 saturated carbocycles. The number of aryl methyl sites for hydroxylation is 1. The van der Waals surface area contributed by atoms with Crippen molar-refractivity contribution < 1.29 is 19.1 Å². The minimum atomic E-state index is -0.821. The summed E-state index contributed by atoms with van der Waals surface area (Å²) in [5.41, 5.74) is 0.863. The fourth-order valence-corrected chi connectivity index (χ4v) is 2.64. The Bertz CT molecular complexity index is 570. The highest BCUT2D eigenvalue weighted by molar-refractivity contribution is 6.31. The van der Waals surface area contributed by atoms with Crippen LogP contribution in [-0.4, -0.2) is 30.6 Å². The highest BCUT2D eigenvalue weighted by Crippen LogP contribution is 2.21. The van der Waals surface area contributed by atoms with Gasteiger partial charge < -0.3 is 14.8 Å². The minimum Gasteiger partial charge on any atom is -0.482 e. The second kappa shape index (κ2) is 8.20. The standard InChI is InChI=1S/C17H22ClNO4/c1-11-9-14(7-8-15(11)18)22-10-16(20)23-12(2)17(21)19-13-5-3-4-6-13/h7-9,12-13H,3-6,10H2,1-2H3,(H,19,21)/t12-/m0/s1. The number of rotatable bonds is 6. The number of amides is 1. The van der Waals surface area contributed by atoms with Gasteiger partial charge in [-0.1, -0.05) is 24.4 Å². The van der Waals surface area contributed by atoms with Crippen molar-refractivity contribution in [1.82, 2.24) is 5.32 Å². The van der Waals surface area contributed by atoms with Gasteiger partial charge in [0.05, 0.1) is 0 Å². The zero-order valence-corrected chi connectivity index (χ0v) is 14.2. The van der Waals surface area contributed by atoms with Gasteiger partial charge in [-0.15, -0.1) is 0 Å². The lowest BCUT2D eigenvalue weighted by Gasteiger charge is -2.17. The lowest BCUT2D eigenvalue weighted by atomic mass is 10.2. The van der Waals surface area contributed by atoms with Crippen LogP contribution in [0.1, 0.15) is 38.2 Å². The molecule has 1 aromatic rings. The van der Waals surface area contributed by atoms with Crippen LogP contribution in [-0.2, 0) is 14.3 Å². The topological polar surface area (TPSA) is 64.6 Å². The lowest BCUT2D eigenvalue weighted by Crippen LogP contribution is -2.41. The summed E-state index contributed by atoms with van der Waals surface area (Å²) in [7, 11) is 0. The summed E-state index contributed by atoms with van der Waals surface area (Å²) >= 11 is 5.93. The van der Waals surface area contributed by atoms with E-state index in [0.29, 0.717) is 10.8 Å². The summed E-state index contributed by atoms with van der Waals surface area (Å²) in [6, 6.07) is 5.33. The van der Waals surface area contributed by atoms with Crippen LogP contribution in [0.25, 0.3) is 0 Å². The van der Waals surface area contributed by atoms with Gasteiger partial charge in [-0.2, -0.15) is 0 Å².